The van der Waals surface area contributed by atoms with Gasteiger partial charge in [-0.05, 0) is 165 Å². The van der Waals surface area contributed by atoms with Crippen molar-refractivity contribution >= 4 is 49.4 Å². The van der Waals surface area contributed by atoms with Gasteiger partial charge in [-0.2, -0.15) is 0 Å². The van der Waals surface area contributed by atoms with Crippen molar-refractivity contribution in [1.29, 1.82) is 0 Å². The maximum Gasteiger partial charge on any atom is 0.0726 e. The van der Waals surface area contributed by atoms with Crippen LogP contribution in [0, 0.1) is 0 Å². The predicted octanol–water partition coefficient (Wildman–Crippen LogP) is 19.1. The second-order valence-corrected chi connectivity index (χ2v) is 20.9. The van der Waals surface area contributed by atoms with Crippen molar-refractivity contribution in [3.63, 3.8) is 0 Å². The molecule has 0 heterocycles. The van der Waals surface area contributed by atoms with E-state index in [1.54, 1.807) is 0 Å². The molecule has 0 bridgehead atoms. The lowest BCUT2D eigenvalue weighted by molar-refractivity contribution is 0.550. The van der Waals surface area contributed by atoms with Crippen LogP contribution in [0.2, 0.25) is 0 Å². The van der Waals surface area contributed by atoms with Crippen LogP contribution in [0.4, 0.5) is 17.1 Å². The van der Waals surface area contributed by atoms with E-state index in [2.05, 4.69) is 254 Å². The molecule has 12 aromatic rings. The van der Waals surface area contributed by atoms with E-state index in [1.807, 2.05) is 0 Å². The van der Waals surface area contributed by atoms with Crippen LogP contribution >= 0.6 is 0 Å². The summed E-state index contributed by atoms with van der Waals surface area (Å²) in [6.07, 6.45) is 4.71. The zero-order valence-electron chi connectivity index (χ0n) is 40.4. The fourth-order valence-electron chi connectivity index (χ4n) is 14.7. The molecule has 16 rings (SSSR count). The second-order valence-electron chi connectivity index (χ2n) is 20.9. The molecular weight excluding hydrogens is 879 g/mol. The van der Waals surface area contributed by atoms with Crippen LogP contribution in [0.5, 0.6) is 0 Å². The van der Waals surface area contributed by atoms with Gasteiger partial charge in [0.2, 0.25) is 0 Å². The summed E-state index contributed by atoms with van der Waals surface area (Å²) in [4.78, 5) is 2.71. The Labute approximate surface area is 426 Å². The second kappa shape index (κ2) is 15.4. The summed E-state index contributed by atoms with van der Waals surface area (Å²) in [6.45, 7) is 0. The van der Waals surface area contributed by atoms with Crippen molar-refractivity contribution in [2.45, 2.75) is 36.5 Å². The molecule has 73 heavy (non-hydrogen) atoms. The fourth-order valence-corrected chi connectivity index (χ4v) is 14.7. The number of hydrogen-bond donors (Lipinski definition) is 0. The molecule has 1 nitrogen and oxygen atoms in total. The van der Waals surface area contributed by atoms with Gasteiger partial charge in [0.1, 0.15) is 0 Å². The van der Waals surface area contributed by atoms with Crippen molar-refractivity contribution in [1.82, 2.24) is 0 Å². The predicted molar refractivity (Wildman–Crippen MR) is 305 cm³/mol. The Balaban J connectivity index is 1.07. The van der Waals surface area contributed by atoms with Gasteiger partial charge in [-0.1, -0.05) is 225 Å². The molecule has 4 aliphatic carbocycles. The third-order valence-corrected chi connectivity index (χ3v) is 17.6. The smallest absolute Gasteiger partial charge is 0.0726 e. The first-order valence-electron chi connectivity index (χ1n) is 26.2. The number of nitrogens with zero attached hydrogens (tertiary/aromatic N) is 1. The molecular formula is C72H49N. The first kappa shape index (κ1) is 40.9. The van der Waals surface area contributed by atoms with Crippen LogP contribution in [0.3, 0.4) is 0 Å². The van der Waals surface area contributed by atoms with Crippen LogP contribution in [0.15, 0.2) is 249 Å². The molecule has 4 aliphatic rings. The zero-order valence-corrected chi connectivity index (χ0v) is 40.4. The number of fused-ring (bicyclic) bond motifs is 21. The van der Waals surface area contributed by atoms with Crippen molar-refractivity contribution in [2.75, 3.05) is 4.90 Å². The van der Waals surface area contributed by atoms with E-state index >= 15 is 0 Å². The third kappa shape index (κ3) is 5.52. The molecule has 0 aliphatic heterocycles. The molecule has 0 amide bonds. The minimum Gasteiger partial charge on any atom is -0.310 e. The van der Waals surface area contributed by atoms with Gasteiger partial charge in [0.15, 0.2) is 0 Å². The normalized spacial score (nSPS) is 14.8. The standard InChI is InChI=1S/C72H49N/c1-2-20-46(21-3-1)47-22-18-23-48(42-47)60-44-62-58-31-11-15-36-66(58)72(64-34-13-9-28-55(64)56-29-10-14-35-65(56)72)67(62)45-69(60)73(68-37-19-32-59-57-30-8-12-33-63(57)71(70(59)68)40-16-17-41-71)49-38-39-54-52-26-5-4-24-50(52)51-25-6-7-27-53(51)61(54)43-49/h1-15,18-39,42-45H,16-17,40-41H2. The maximum absolute atomic E-state index is 2.71. The summed E-state index contributed by atoms with van der Waals surface area (Å²) in [5.74, 6) is 0. The minimum atomic E-state index is -0.524. The van der Waals surface area contributed by atoms with Crippen molar-refractivity contribution in [3.8, 4) is 55.6 Å². The Morgan fingerprint density at radius 1 is 0.274 bits per heavy atom. The number of hydrogen-bond acceptors (Lipinski definition) is 1. The Kier molecular flexibility index (Phi) is 8.61. The molecule has 0 unspecified atom stereocenters. The maximum atomic E-state index is 2.71. The van der Waals surface area contributed by atoms with Gasteiger partial charge < -0.3 is 4.90 Å². The van der Waals surface area contributed by atoms with Crippen LogP contribution < -0.4 is 4.90 Å². The Hall–Kier alpha value is -8.78. The molecule has 1 fully saturated rings. The molecule has 1 saturated carbocycles. The summed E-state index contributed by atoms with van der Waals surface area (Å²) in [7, 11) is 0. The number of benzene rings is 12. The molecule has 0 radical (unpaired) electrons. The highest BCUT2D eigenvalue weighted by Gasteiger charge is 2.53. The van der Waals surface area contributed by atoms with E-state index in [4.69, 9.17) is 0 Å². The van der Waals surface area contributed by atoms with E-state index in [-0.39, 0.29) is 5.41 Å². The lowest BCUT2D eigenvalue weighted by Crippen LogP contribution is -2.27. The van der Waals surface area contributed by atoms with E-state index in [1.165, 1.54) is 146 Å². The van der Waals surface area contributed by atoms with Gasteiger partial charge >= 0.3 is 0 Å². The van der Waals surface area contributed by atoms with Crippen LogP contribution in [0.25, 0.3) is 88.0 Å². The largest absolute Gasteiger partial charge is 0.310 e. The van der Waals surface area contributed by atoms with Crippen molar-refractivity contribution in [3.05, 3.63) is 282 Å². The lowest BCUT2D eigenvalue weighted by Gasteiger charge is -2.36. The molecule has 342 valence electrons. The van der Waals surface area contributed by atoms with Crippen LogP contribution in [0.1, 0.15) is 59.1 Å². The summed E-state index contributed by atoms with van der Waals surface area (Å²) < 4.78 is 0. The molecule has 0 atom stereocenters. The van der Waals surface area contributed by atoms with Gasteiger partial charge in [-0.3, -0.25) is 0 Å². The average Bonchev–Trinajstić information content (AvgIpc) is 4.29. The summed E-state index contributed by atoms with van der Waals surface area (Å²) in [6, 6.07) is 95.0. The van der Waals surface area contributed by atoms with Gasteiger partial charge in [-0.15, -0.1) is 0 Å². The van der Waals surface area contributed by atoms with Gasteiger partial charge in [-0.25, -0.2) is 0 Å². The van der Waals surface area contributed by atoms with Gasteiger partial charge in [0, 0.05) is 16.7 Å². The number of rotatable bonds is 5. The Morgan fingerprint density at radius 2 is 0.753 bits per heavy atom. The molecule has 0 N–H and O–H groups in total. The number of anilines is 3. The van der Waals surface area contributed by atoms with Crippen LogP contribution in [-0.2, 0) is 10.8 Å². The van der Waals surface area contributed by atoms with E-state index < -0.39 is 5.41 Å². The SMILES string of the molecule is c1ccc(-c2cccc(-c3cc4c(cc3N(c3ccc5c6ccccc6c6ccccc6c5c3)c3cccc5c3C3(CCCC3)c3ccccc3-5)C3(c5ccccc5-c5ccccc53)c3ccccc3-4)c2)cc1. The molecule has 0 aromatic heterocycles. The first-order valence-corrected chi connectivity index (χ1v) is 26.2. The summed E-state index contributed by atoms with van der Waals surface area (Å²) in [5.41, 5.74) is 24.1. The minimum absolute atomic E-state index is 0.0918. The van der Waals surface area contributed by atoms with Crippen molar-refractivity contribution in [2.24, 2.45) is 0 Å². The summed E-state index contributed by atoms with van der Waals surface area (Å²) in [5, 5.41) is 7.66. The fraction of sp³-hybridized carbons (Fsp3) is 0.0833. The highest BCUT2D eigenvalue weighted by molar-refractivity contribution is 6.26. The monoisotopic (exact) mass is 927 g/mol. The molecule has 2 spiro atoms. The molecule has 1 heteroatoms. The quantitative estimate of drug-likeness (QED) is 0.156. The zero-order chi connectivity index (χ0) is 47.8. The lowest BCUT2D eigenvalue weighted by atomic mass is 9.70. The van der Waals surface area contributed by atoms with Crippen molar-refractivity contribution < 1.29 is 0 Å². The van der Waals surface area contributed by atoms with E-state index in [9.17, 15) is 0 Å². The van der Waals surface area contributed by atoms with E-state index in [0.29, 0.717) is 0 Å². The highest BCUT2D eigenvalue weighted by atomic mass is 15.2. The Morgan fingerprint density at radius 3 is 1.40 bits per heavy atom. The van der Waals surface area contributed by atoms with Gasteiger partial charge in [0.25, 0.3) is 0 Å². The average molecular weight is 928 g/mol. The molecule has 12 aromatic carbocycles. The topological polar surface area (TPSA) is 3.24 Å². The Bertz CT molecular complexity index is 4200. The van der Waals surface area contributed by atoms with Crippen LogP contribution in [-0.4, -0.2) is 0 Å². The first-order chi connectivity index (χ1) is 36.2. The van der Waals surface area contributed by atoms with Gasteiger partial charge in [0.05, 0.1) is 16.8 Å². The highest BCUT2D eigenvalue weighted by Crippen LogP contribution is 2.66. The van der Waals surface area contributed by atoms with E-state index in [0.717, 1.165) is 18.5 Å². The summed E-state index contributed by atoms with van der Waals surface area (Å²) >= 11 is 0. The third-order valence-electron chi connectivity index (χ3n) is 17.6. The molecule has 0 saturated heterocycles.